The van der Waals surface area contributed by atoms with Crippen molar-refractivity contribution in [3.05, 3.63) is 47.7 Å². The SMILES string of the molecule is COc1nc(N2CCN(CCCCO)C(c3ccc(F)cc3)C2)ncc1F.Cl. The van der Waals surface area contributed by atoms with Crippen LogP contribution in [0.1, 0.15) is 24.4 Å². The summed E-state index contributed by atoms with van der Waals surface area (Å²) in [6.45, 7) is 3.05. The summed E-state index contributed by atoms with van der Waals surface area (Å²) >= 11 is 0. The number of benzene rings is 1. The lowest BCUT2D eigenvalue weighted by Crippen LogP contribution is -2.49. The van der Waals surface area contributed by atoms with Gasteiger partial charge in [0, 0.05) is 26.2 Å². The Bertz CT molecular complexity index is 751. The van der Waals surface area contributed by atoms with Gasteiger partial charge in [0.05, 0.1) is 19.3 Å². The van der Waals surface area contributed by atoms with Crippen LogP contribution < -0.4 is 9.64 Å². The third-order valence-electron chi connectivity index (χ3n) is 4.77. The molecule has 1 aliphatic rings. The molecule has 9 heteroatoms. The Kier molecular flexibility index (Phi) is 8.35. The second-order valence-electron chi connectivity index (χ2n) is 6.51. The normalized spacial score (nSPS) is 17.3. The lowest BCUT2D eigenvalue weighted by Gasteiger charge is -2.41. The third kappa shape index (κ3) is 5.27. The number of aliphatic hydroxyl groups excluding tert-OH is 1. The summed E-state index contributed by atoms with van der Waals surface area (Å²) in [4.78, 5) is 12.6. The van der Waals surface area contributed by atoms with Crippen molar-refractivity contribution in [2.75, 3.05) is 44.8 Å². The zero-order valence-corrected chi connectivity index (χ0v) is 16.5. The van der Waals surface area contributed by atoms with Crippen molar-refractivity contribution in [3.63, 3.8) is 0 Å². The van der Waals surface area contributed by atoms with Crippen molar-refractivity contribution < 1.29 is 18.6 Å². The Morgan fingerprint density at radius 2 is 1.93 bits per heavy atom. The first-order valence-corrected chi connectivity index (χ1v) is 9.04. The number of anilines is 1. The monoisotopic (exact) mass is 414 g/mol. The molecule has 0 radical (unpaired) electrons. The van der Waals surface area contributed by atoms with E-state index in [-0.39, 0.29) is 36.8 Å². The summed E-state index contributed by atoms with van der Waals surface area (Å²) < 4.78 is 31.9. The first-order chi connectivity index (χ1) is 13.1. The van der Waals surface area contributed by atoms with E-state index < -0.39 is 5.82 Å². The van der Waals surface area contributed by atoms with E-state index in [1.165, 1.54) is 19.2 Å². The summed E-state index contributed by atoms with van der Waals surface area (Å²) in [5, 5.41) is 9.04. The number of ether oxygens (including phenoxy) is 1. The molecule has 3 rings (SSSR count). The van der Waals surface area contributed by atoms with Crippen LogP contribution in [0.5, 0.6) is 5.88 Å². The Labute approximate surface area is 169 Å². The molecule has 154 valence electrons. The molecule has 1 atom stereocenters. The fourth-order valence-corrected chi connectivity index (χ4v) is 3.34. The number of nitrogens with zero attached hydrogens (tertiary/aromatic N) is 4. The molecule has 2 heterocycles. The molecule has 1 aliphatic heterocycles. The largest absolute Gasteiger partial charge is 0.479 e. The smallest absolute Gasteiger partial charge is 0.255 e. The van der Waals surface area contributed by atoms with Crippen molar-refractivity contribution in [3.8, 4) is 5.88 Å². The molecule has 0 saturated carbocycles. The molecule has 0 aliphatic carbocycles. The second-order valence-corrected chi connectivity index (χ2v) is 6.51. The van der Waals surface area contributed by atoms with Gasteiger partial charge in [0.2, 0.25) is 11.8 Å². The van der Waals surface area contributed by atoms with Crippen LogP contribution in [-0.4, -0.2) is 59.9 Å². The van der Waals surface area contributed by atoms with Gasteiger partial charge in [0.15, 0.2) is 0 Å². The molecule has 1 aromatic heterocycles. The van der Waals surface area contributed by atoms with Gasteiger partial charge in [0.25, 0.3) is 5.88 Å². The predicted octanol–water partition coefficient (Wildman–Crippen LogP) is 2.82. The van der Waals surface area contributed by atoms with Crippen molar-refractivity contribution >= 4 is 18.4 Å². The minimum Gasteiger partial charge on any atom is -0.479 e. The maximum atomic E-state index is 13.6. The van der Waals surface area contributed by atoms with Gasteiger partial charge in [-0.15, -0.1) is 12.4 Å². The number of hydrogen-bond acceptors (Lipinski definition) is 6. The minimum absolute atomic E-state index is 0. The van der Waals surface area contributed by atoms with Gasteiger partial charge in [-0.2, -0.15) is 9.37 Å². The maximum absolute atomic E-state index is 13.6. The van der Waals surface area contributed by atoms with Crippen molar-refractivity contribution in [2.24, 2.45) is 0 Å². The molecule has 28 heavy (non-hydrogen) atoms. The number of rotatable bonds is 7. The van der Waals surface area contributed by atoms with Crippen molar-refractivity contribution in [2.45, 2.75) is 18.9 Å². The van der Waals surface area contributed by atoms with Crippen molar-refractivity contribution in [1.29, 1.82) is 0 Å². The van der Waals surface area contributed by atoms with Gasteiger partial charge < -0.3 is 14.7 Å². The average Bonchev–Trinajstić information content (AvgIpc) is 2.69. The van der Waals surface area contributed by atoms with E-state index >= 15 is 0 Å². The summed E-state index contributed by atoms with van der Waals surface area (Å²) in [7, 11) is 1.37. The van der Waals surface area contributed by atoms with Crippen LogP contribution in [0, 0.1) is 11.6 Å². The van der Waals surface area contributed by atoms with Crippen molar-refractivity contribution in [1.82, 2.24) is 14.9 Å². The minimum atomic E-state index is -0.598. The molecule has 1 aromatic carbocycles. The van der Waals surface area contributed by atoms with Crippen LogP contribution in [0.2, 0.25) is 0 Å². The number of piperazine rings is 1. The molecule has 0 amide bonds. The topological polar surface area (TPSA) is 61.7 Å². The molecule has 2 aromatic rings. The van der Waals surface area contributed by atoms with Gasteiger partial charge in [0.1, 0.15) is 5.82 Å². The second kappa shape index (κ2) is 10.5. The van der Waals surface area contributed by atoms with Gasteiger partial charge in [-0.25, -0.2) is 9.37 Å². The van der Waals surface area contributed by atoms with Crippen LogP contribution in [-0.2, 0) is 0 Å². The number of aliphatic hydroxyl groups is 1. The fourth-order valence-electron chi connectivity index (χ4n) is 3.34. The van der Waals surface area contributed by atoms with Gasteiger partial charge in [-0.05, 0) is 37.1 Å². The molecule has 1 saturated heterocycles. The Balaban J connectivity index is 0.00000280. The van der Waals surface area contributed by atoms with Crippen LogP contribution >= 0.6 is 12.4 Å². The predicted molar refractivity (Wildman–Crippen MR) is 105 cm³/mol. The summed E-state index contributed by atoms with van der Waals surface area (Å²) in [6.07, 6.45) is 2.74. The van der Waals surface area contributed by atoms with Crippen LogP contribution in [0.25, 0.3) is 0 Å². The summed E-state index contributed by atoms with van der Waals surface area (Å²) in [5.41, 5.74) is 0.999. The first kappa shape index (κ1) is 22.3. The summed E-state index contributed by atoms with van der Waals surface area (Å²) in [5.74, 6) is -0.539. The highest BCUT2D eigenvalue weighted by atomic mass is 35.5. The molecule has 1 fully saturated rings. The fraction of sp³-hybridized carbons (Fsp3) is 0.474. The number of methoxy groups -OCH3 is 1. The maximum Gasteiger partial charge on any atom is 0.255 e. The van der Waals surface area contributed by atoms with E-state index in [9.17, 15) is 8.78 Å². The van der Waals surface area contributed by atoms with E-state index in [1.54, 1.807) is 12.1 Å². The molecule has 0 bridgehead atoms. The number of unbranched alkanes of at least 4 members (excludes halogenated alkanes) is 1. The van der Waals surface area contributed by atoms with E-state index in [0.29, 0.717) is 19.0 Å². The molecule has 1 unspecified atom stereocenters. The van der Waals surface area contributed by atoms with Gasteiger partial charge >= 0.3 is 0 Å². The standard InChI is InChI=1S/C19H24F2N4O2.ClH/c1-27-18-16(21)12-22-19(23-18)25-10-9-24(8-2-3-11-26)17(13-25)14-4-6-15(20)7-5-14;/h4-7,12,17,26H,2-3,8-11,13H2,1H3;1H. The third-order valence-corrected chi connectivity index (χ3v) is 4.77. The van der Waals surface area contributed by atoms with E-state index in [4.69, 9.17) is 9.84 Å². The molecule has 0 spiro atoms. The number of aromatic nitrogens is 2. The Morgan fingerprint density at radius 1 is 1.18 bits per heavy atom. The number of hydrogen-bond donors (Lipinski definition) is 1. The lowest BCUT2D eigenvalue weighted by atomic mass is 10.0. The number of halogens is 3. The zero-order valence-electron chi connectivity index (χ0n) is 15.7. The highest BCUT2D eigenvalue weighted by Gasteiger charge is 2.29. The first-order valence-electron chi connectivity index (χ1n) is 9.04. The Hall–Kier alpha value is -2.03. The van der Waals surface area contributed by atoms with Crippen LogP contribution in [0.4, 0.5) is 14.7 Å². The average molecular weight is 415 g/mol. The summed E-state index contributed by atoms with van der Waals surface area (Å²) in [6, 6.07) is 6.51. The van der Waals surface area contributed by atoms with Crippen LogP contribution in [0.15, 0.2) is 30.5 Å². The molecule has 6 nitrogen and oxygen atoms in total. The lowest BCUT2D eigenvalue weighted by molar-refractivity contribution is 0.167. The van der Waals surface area contributed by atoms with Crippen LogP contribution in [0.3, 0.4) is 0 Å². The zero-order chi connectivity index (χ0) is 19.2. The molecule has 1 N–H and O–H groups in total. The van der Waals surface area contributed by atoms with E-state index in [1.807, 2.05) is 4.90 Å². The highest BCUT2D eigenvalue weighted by Crippen LogP contribution is 2.28. The highest BCUT2D eigenvalue weighted by molar-refractivity contribution is 5.85. The molecular weight excluding hydrogens is 390 g/mol. The van der Waals surface area contributed by atoms with E-state index in [2.05, 4.69) is 14.9 Å². The Morgan fingerprint density at radius 3 is 2.61 bits per heavy atom. The van der Waals surface area contributed by atoms with Gasteiger partial charge in [-0.1, -0.05) is 12.1 Å². The molecular formula is C19H25ClF2N4O2. The van der Waals surface area contributed by atoms with E-state index in [0.717, 1.165) is 37.7 Å². The van der Waals surface area contributed by atoms with Gasteiger partial charge in [-0.3, -0.25) is 4.90 Å². The quantitative estimate of drug-likeness (QED) is 0.703.